The van der Waals surface area contributed by atoms with Gasteiger partial charge in [0, 0.05) is 5.56 Å². The summed E-state index contributed by atoms with van der Waals surface area (Å²) in [7, 11) is 0. The number of nitrogens with zero attached hydrogens (tertiary/aromatic N) is 1. The van der Waals surface area contributed by atoms with Crippen LogP contribution in [-0.4, -0.2) is 26.0 Å². The van der Waals surface area contributed by atoms with E-state index in [1.165, 1.54) is 24.8 Å². The number of carboxylic acids is 1. The molecular formula is C29H34ClN3O3. The summed E-state index contributed by atoms with van der Waals surface area (Å²) in [4.78, 5) is 31.7. The van der Waals surface area contributed by atoms with E-state index in [4.69, 9.17) is 16.7 Å². The molecule has 0 aliphatic heterocycles. The van der Waals surface area contributed by atoms with E-state index in [0.717, 1.165) is 18.4 Å². The van der Waals surface area contributed by atoms with Gasteiger partial charge >= 0.3 is 11.7 Å². The number of rotatable bonds is 3. The van der Waals surface area contributed by atoms with Crippen LogP contribution in [0.15, 0.2) is 71.5 Å². The molecule has 1 saturated carbocycles. The van der Waals surface area contributed by atoms with Crippen molar-refractivity contribution in [2.45, 2.75) is 52.9 Å². The minimum absolute atomic E-state index is 0.284. The number of hydrogen-bond donors (Lipinski definition) is 3. The van der Waals surface area contributed by atoms with Crippen LogP contribution >= 0.6 is 11.6 Å². The van der Waals surface area contributed by atoms with Crippen LogP contribution in [0.25, 0.3) is 22.4 Å². The summed E-state index contributed by atoms with van der Waals surface area (Å²) in [5, 5.41) is 9.51. The summed E-state index contributed by atoms with van der Waals surface area (Å²) in [6.45, 7) is 5.79. The van der Waals surface area contributed by atoms with Crippen LogP contribution < -0.4 is 5.69 Å². The van der Waals surface area contributed by atoms with Crippen molar-refractivity contribution >= 4 is 28.7 Å². The van der Waals surface area contributed by atoms with Gasteiger partial charge in [0.15, 0.2) is 5.65 Å². The Hall–Kier alpha value is -3.38. The predicted molar refractivity (Wildman–Crippen MR) is 146 cm³/mol. The topological polar surface area (TPSA) is 98.8 Å². The fourth-order valence-electron chi connectivity index (χ4n) is 4.27. The van der Waals surface area contributed by atoms with Gasteiger partial charge in [-0.25, -0.2) is 9.78 Å². The lowest BCUT2D eigenvalue weighted by Crippen LogP contribution is -2.34. The molecule has 0 saturated heterocycles. The highest BCUT2D eigenvalue weighted by molar-refractivity contribution is 6.33. The van der Waals surface area contributed by atoms with Crippen molar-refractivity contribution in [1.82, 2.24) is 15.0 Å². The van der Waals surface area contributed by atoms with Crippen LogP contribution in [0.2, 0.25) is 5.02 Å². The van der Waals surface area contributed by atoms with E-state index in [-0.39, 0.29) is 5.69 Å². The number of aromatic amines is 2. The monoisotopic (exact) mass is 507 g/mol. The number of nitrogens with one attached hydrogen (secondary N) is 2. The van der Waals surface area contributed by atoms with Crippen LogP contribution in [0.1, 0.15) is 51.5 Å². The molecule has 6 nitrogen and oxygen atoms in total. The molecule has 1 aliphatic rings. The van der Waals surface area contributed by atoms with Crippen molar-refractivity contribution < 1.29 is 9.90 Å². The maximum Gasteiger partial charge on any atom is 0.325 e. The molecule has 0 unspecified atom stereocenters. The molecule has 4 aromatic rings. The Morgan fingerprint density at radius 1 is 0.972 bits per heavy atom. The van der Waals surface area contributed by atoms with E-state index in [2.05, 4.69) is 34.0 Å². The van der Waals surface area contributed by atoms with E-state index in [1.54, 1.807) is 6.07 Å². The van der Waals surface area contributed by atoms with E-state index in [9.17, 15) is 9.59 Å². The number of aromatic nitrogens is 3. The van der Waals surface area contributed by atoms with Crippen molar-refractivity contribution in [2.75, 3.05) is 0 Å². The first kappa shape index (κ1) is 27.2. The van der Waals surface area contributed by atoms with E-state index in [0.29, 0.717) is 27.8 Å². The largest absolute Gasteiger partial charge is 0.481 e. The zero-order chi connectivity index (χ0) is 26.1. The molecule has 0 radical (unpaired) electrons. The van der Waals surface area contributed by atoms with Gasteiger partial charge in [-0.05, 0) is 45.6 Å². The third-order valence-corrected chi connectivity index (χ3v) is 6.91. The lowest BCUT2D eigenvalue weighted by molar-refractivity contribution is -0.150. The third-order valence-electron chi connectivity index (χ3n) is 6.62. The van der Waals surface area contributed by atoms with Crippen molar-refractivity contribution in [1.29, 1.82) is 0 Å². The third kappa shape index (κ3) is 7.31. The van der Waals surface area contributed by atoms with E-state index < -0.39 is 11.4 Å². The molecule has 0 spiro atoms. The van der Waals surface area contributed by atoms with E-state index in [1.807, 2.05) is 62.4 Å². The molecule has 0 bridgehead atoms. The second-order valence-electron chi connectivity index (χ2n) is 9.68. The maximum absolute atomic E-state index is 11.2. The smallest absolute Gasteiger partial charge is 0.325 e. The van der Waals surface area contributed by atoms with E-state index >= 15 is 0 Å². The Kier molecular flexibility index (Phi) is 9.48. The minimum atomic E-state index is -0.644. The Labute approximate surface area is 216 Å². The molecule has 36 heavy (non-hydrogen) atoms. The Morgan fingerprint density at radius 2 is 1.56 bits per heavy atom. The number of hydrogen-bond acceptors (Lipinski definition) is 3. The summed E-state index contributed by atoms with van der Waals surface area (Å²) in [6.07, 6.45) is 5.90. The standard InChI is InChI=1S/C12H8ClN3O.C10H18O2.C7H8/c13-8-6-9-11(16-12(17)14-9)15-10(8)7-4-2-1-3-5-7;1-10(2,9(11)12)8-6-4-3-5-7-8;1-7-5-3-2-4-6-7/h1-6H,(H2,14,15,16,17);8H,3-7H2,1-2H3,(H,11,12);2-6H,1H3. The normalized spacial score (nSPS) is 13.8. The second kappa shape index (κ2) is 12.5. The summed E-state index contributed by atoms with van der Waals surface area (Å²) in [5.41, 5.74) is 3.23. The number of fused-ring (bicyclic) bond motifs is 1. The number of aryl methyl sites for hydroxylation is 1. The molecule has 2 heterocycles. The van der Waals surface area contributed by atoms with Crippen LogP contribution in [0.3, 0.4) is 0 Å². The molecule has 2 aromatic carbocycles. The number of pyridine rings is 1. The van der Waals surface area contributed by atoms with Gasteiger partial charge < -0.3 is 10.1 Å². The highest BCUT2D eigenvalue weighted by atomic mass is 35.5. The number of halogens is 1. The zero-order valence-corrected chi connectivity index (χ0v) is 21.8. The maximum atomic E-state index is 11.2. The number of aliphatic carboxylic acids is 1. The van der Waals surface area contributed by atoms with Gasteiger partial charge in [0.2, 0.25) is 0 Å². The molecular weight excluding hydrogens is 474 g/mol. The fraction of sp³-hybridized carbons (Fsp3) is 0.345. The van der Waals surface area contributed by atoms with Gasteiger partial charge in [0.05, 0.1) is 21.6 Å². The molecule has 0 atom stereocenters. The first-order valence-electron chi connectivity index (χ1n) is 12.3. The van der Waals surface area contributed by atoms with Gasteiger partial charge in [-0.2, -0.15) is 0 Å². The van der Waals surface area contributed by atoms with Crippen molar-refractivity contribution in [3.8, 4) is 11.3 Å². The molecule has 5 rings (SSSR count). The van der Waals surface area contributed by atoms with Gasteiger partial charge in [0.1, 0.15) is 0 Å². The quantitative estimate of drug-likeness (QED) is 0.272. The van der Waals surface area contributed by atoms with Crippen molar-refractivity contribution in [3.05, 3.63) is 87.8 Å². The van der Waals surface area contributed by atoms with Crippen LogP contribution in [0, 0.1) is 18.3 Å². The predicted octanol–water partition coefficient (Wildman–Crippen LogP) is 7.24. The zero-order valence-electron chi connectivity index (χ0n) is 21.1. The van der Waals surface area contributed by atoms with Gasteiger partial charge in [-0.3, -0.25) is 9.78 Å². The molecule has 3 N–H and O–H groups in total. The summed E-state index contributed by atoms with van der Waals surface area (Å²) >= 11 is 6.15. The number of H-pyrrole nitrogens is 2. The number of carbonyl (C=O) groups is 1. The first-order valence-corrected chi connectivity index (χ1v) is 12.6. The highest BCUT2D eigenvalue weighted by Crippen LogP contribution is 2.38. The van der Waals surface area contributed by atoms with Crippen LogP contribution in [-0.2, 0) is 4.79 Å². The lowest BCUT2D eigenvalue weighted by atomic mass is 9.71. The van der Waals surface area contributed by atoms with Crippen molar-refractivity contribution in [2.24, 2.45) is 11.3 Å². The summed E-state index contributed by atoms with van der Waals surface area (Å²) in [5.74, 6) is -0.252. The summed E-state index contributed by atoms with van der Waals surface area (Å²) in [6, 6.07) is 21.6. The SMILES string of the molecule is CC(C)(C(=O)O)C1CCCCC1.Cc1ccccc1.O=c1[nH]c2cc(Cl)c(-c3ccccc3)nc2[nH]1. The minimum Gasteiger partial charge on any atom is -0.481 e. The van der Waals surface area contributed by atoms with Crippen LogP contribution in [0.5, 0.6) is 0 Å². The molecule has 190 valence electrons. The number of carboxylic acid groups (broad SMARTS) is 1. The average molecular weight is 508 g/mol. The average Bonchev–Trinajstić information content (AvgIpc) is 3.24. The fourth-order valence-corrected chi connectivity index (χ4v) is 4.53. The molecule has 1 fully saturated rings. The molecule has 7 heteroatoms. The highest BCUT2D eigenvalue weighted by Gasteiger charge is 2.36. The van der Waals surface area contributed by atoms with Crippen LogP contribution in [0.4, 0.5) is 0 Å². The van der Waals surface area contributed by atoms with Gasteiger partial charge in [-0.1, -0.05) is 97.1 Å². The Morgan fingerprint density at radius 3 is 2.08 bits per heavy atom. The van der Waals surface area contributed by atoms with Crippen molar-refractivity contribution in [3.63, 3.8) is 0 Å². The number of benzene rings is 2. The lowest BCUT2D eigenvalue weighted by Gasteiger charge is -2.33. The Bertz CT molecular complexity index is 1310. The summed E-state index contributed by atoms with van der Waals surface area (Å²) < 4.78 is 0. The molecule has 1 aliphatic carbocycles. The Balaban J connectivity index is 0.000000165. The molecule has 2 aromatic heterocycles. The number of imidazole rings is 1. The first-order chi connectivity index (χ1) is 17.2. The van der Waals surface area contributed by atoms with Gasteiger partial charge in [-0.15, -0.1) is 0 Å². The second-order valence-corrected chi connectivity index (χ2v) is 10.1. The van der Waals surface area contributed by atoms with Gasteiger partial charge in [0.25, 0.3) is 0 Å². The molecule has 0 amide bonds.